The highest BCUT2D eigenvalue weighted by molar-refractivity contribution is 7.92. The molecule has 0 aliphatic carbocycles. The molecule has 8 nitrogen and oxygen atoms in total. The fourth-order valence-electron chi connectivity index (χ4n) is 3.34. The van der Waals surface area contributed by atoms with Gasteiger partial charge in [0.25, 0.3) is 10.0 Å². The summed E-state index contributed by atoms with van der Waals surface area (Å²) in [6, 6.07) is 10.8. The number of likely N-dealkylation sites (tertiary alicyclic amines) is 1. The number of ether oxygens (including phenoxy) is 2. The van der Waals surface area contributed by atoms with Gasteiger partial charge in [-0.3, -0.25) is 4.72 Å². The summed E-state index contributed by atoms with van der Waals surface area (Å²) >= 11 is 0. The van der Waals surface area contributed by atoms with Gasteiger partial charge in [0.15, 0.2) is 11.5 Å². The van der Waals surface area contributed by atoms with Gasteiger partial charge >= 0.3 is 6.03 Å². The van der Waals surface area contributed by atoms with Gasteiger partial charge in [-0.2, -0.15) is 0 Å². The highest BCUT2D eigenvalue weighted by Gasteiger charge is 2.19. The maximum Gasteiger partial charge on any atom is 0.321 e. The van der Waals surface area contributed by atoms with Crippen LogP contribution in [0.3, 0.4) is 0 Å². The predicted octanol–water partition coefficient (Wildman–Crippen LogP) is 3.28. The number of amides is 2. The van der Waals surface area contributed by atoms with Crippen molar-refractivity contribution in [2.45, 2.75) is 24.2 Å². The first-order chi connectivity index (χ1) is 14.0. The van der Waals surface area contributed by atoms with Gasteiger partial charge < -0.3 is 19.7 Å². The van der Waals surface area contributed by atoms with Crippen LogP contribution >= 0.6 is 0 Å². The number of piperidine rings is 1. The molecule has 0 aromatic heterocycles. The molecule has 2 aromatic carbocycles. The van der Waals surface area contributed by atoms with E-state index >= 15 is 0 Å². The summed E-state index contributed by atoms with van der Waals surface area (Å²) in [6.07, 6.45) is 3.17. The molecule has 1 saturated heterocycles. The predicted molar refractivity (Wildman–Crippen MR) is 109 cm³/mol. The number of carbonyl (C=O) groups excluding carboxylic acids is 1. The molecular weight excluding hydrogens is 394 g/mol. The quantitative estimate of drug-likeness (QED) is 0.796. The third-order valence-corrected chi connectivity index (χ3v) is 6.25. The number of nitrogens with zero attached hydrogens (tertiary/aromatic N) is 1. The summed E-state index contributed by atoms with van der Waals surface area (Å²) in [5.74, 6) is 1.10. The average Bonchev–Trinajstić information content (AvgIpc) is 2.74. The fraction of sp³-hybridized carbons (Fsp3) is 0.350. The van der Waals surface area contributed by atoms with Gasteiger partial charge in [0.05, 0.1) is 10.6 Å². The minimum Gasteiger partial charge on any atom is -0.486 e. The van der Waals surface area contributed by atoms with Crippen molar-refractivity contribution in [1.29, 1.82) is 0 Å². The molecule has 154 valence electrons. The highest BCUT2D eigenvalue weighted by atomic mass is 32.2. The summed E-state index contributed by atoms with van der Waals surface area (Å²) in [7, 11) is -3.78. The molecule has 2 heterocycles. The van der Waals surface area contributed by atoms with Crippen LogP contribution in [0.2, 0.25) is 0 Å². The lowest BCUT2D eigenvalue weighted by Gasteiger charge is -2.26. The second-order valence-corrected chi connectivity index (χ2v) is 8.65. The zero-order valence-electron chi connectivity index (χ0n) is 15.9. The van der Waals surface area contributed by atoms with Crippen LogP contribution < -0.4 is 19.5 Å². The smallest absolute Gasteiger partial charge is 0.321 e. The number of fused-ring (bicyclic) bond motifs is 1. The van der Waals surface area contributed by atoms with Gasteiger partial charge in [-0.15, -0.1) is 0 Å². The Bertz CT molecular complexity index is 986. The molecule has 1 fully saturated rings. The Morgan fingerprint density at radius 2 is 1.52 bits per heavy atom. The van der Waals surface area contributed by atoms with Gasteiger partial charge in [-0.05, 0) is 55.7 Å². The molecule has 0 spiro atoms. The van der Waals surface area contributed by atoms with E-state index in [0.29, 0.717) is 36.1 Å². The Morgan fingerprint density at radius 1 is 0.862 bits per heavy atom. The second-order valence-electron chi connectivity index (χ2n) is 6.97. The summed E-state index contributed by atoms with van der Waals surface area (Å²) in [5.41, 5.74) is 0.940. The van der Waals surface area contributed by atoms with Crippen LogP contribution in [0.1, 0.15) is 19.3 Å². The number of nitrogens with one attached hydrogen (secondary N) is 2. The minimum absolute atomic E-state index is 0.100. The van der Waals surface area contributed by atoms with Crippen LogP contribution in [0.15, 0.2) is 47.4 Å². The maximum atomic E-state index is 12.7. The fourth-order valence-corrected chi connectivity index (χ4v) is 4.39. The SMILES string of the molecule is O=C(Nc1ccc(S(=O)(=O)Nc2ccc3c(c2)OCCO3)cc1)N1CCCCC1. The average molecular weight is 417 g/mol. The zero-order valence-corrected chi connectivity index (χ0v) is 16.7. The number of anilines is 2. The molecule has 0 atom stereocenters. The lowest BCUT2D eigenvalue weighted by molar-refractivity contribution is 0.171. The first-order valence-electron chi connectivity index (χ1n) is 9.60. The van der Waals surface area contributed by atoms with Crippen LogP contribution in [-0.2, 0) is 10.0 Å². The van der Waals surface area contributed by atoms with Crippen LogP contribution in [0.5, 0.6) is 11.5 Å². The Kier molecular flexibility index (Phi) is 5.48. The molecule has 2 aliphatic rings. The van der Waals surface area contributed by atoms with Crippen molar-refractivity contribution in [3.05, 3.63) is 42.5 Å². The summed E-state index contributed by atoms with van der Waals surface area (Å²) in [4.78, 5) is 14.1. The van der Waals surface area contributed by atoms with Gasteiger partial charge in [0, 0.05) is 24.8 Å². The molecule has 4 rings (SSSR count). The Labute approximate surface area is 169 Å². The van der Waals surface area contributed by atoms with E-state index in [4.69, 9.17) is 9.47 Å². The zero-order chi connectivity index (χ0) is 20.3. The number of urea groups is 1. The number of benzene rings is 2. The van der Waals surface area contributed by atoms with E-state index in [0.717, 1.165) is 32.4 Å². The van der Waals surface area contributed by atoms with Crippen molar-refractivity contribution in [1.82, 2.24) is 4.90 Å². The van der Waals surface area contributed by atoms with Crippen LogP contribution in [0, 0.1) is 0 Å². The van der Waals surface area contributed by atoms with Crippen LogP contribution in [-0.4, -0.2) is 45.7 Å². The monoisotopic (exact) mass is 417 g/mol. The molecule has 2 N–H and O–H groups in total. The van der Waals surface area contributed by atoms with Crippen molar-refractivity contribution in [2.75, 3.05) is 36.3 Å². The minimum atomic E-state index is -3.78. The van der Waals surface area contributed by atoms with E-state index in [1.54, 1.807) is 35.2 Å². The molecule has 2 aromatic rings. The maximum absolute atomic E-state index is 12.7. The van der Waals surface area contributed by atoms with Crippen LogP contribution in [0.25, 0.3) is 0 Å². The van der Waals surface area contributed by atoms with E-state index in [1.165, 1.54) is 12.1 Å². The molecule has 0 radical (unpaired) electrons. The third-order valence-electron chi connectivity index (χ3n) is 4.85. The van der Waals surface area contributed by atoms with Crippen molar-refractivity contribution in [2.24, 2.45) is 0 Å². The van der Waals surface area contributed by atoms with Crippen molar-refractivity contribution >= 4 is 27.4 Å². The number of sulfonamides is 1. The number of hydrogen-bond acceptors (Lipinski definition) is 5. The number of rotatable bonds is 4. The summed E-state index contributed by atoms with van der Waals surface area (Å²) in [5, 5.41) is 2.82. The molecule has 0 bridgehead atoms. The van der Waals surface area contributed by atoms with Crippen molar-refractivity contribution < 1.29 is 22.7 Å². The summed E-state index contributed by atoms with van der Waals surface area (Å²) in [6.45, 7) is 2.39. The molecule has 2 amide bonds. The second kappa shape index (κ2) is 8.20. The molecule has 29 heavy (non-hydrogen) atoms. The normalized spacial score (nSPS) is 16.2. The van der Waals surface area contributed by atoms with Crippen LogP contribution in [0.4, 0.5) is 16.2 Å². The molecule has 0 saturated carbocycles. The van der Waals surface area contributed by atoms with E-state index < -0.39 is 10.0 Å². The molecule has 9 heteroatoms. The Balaban J connectivity index is 1.42. The lowest BCUT2D eigenvalue weighted by atomic mass is 10.1. The van der Waals surface area contributed by atoms with E-state index in [9.17, 15) is 13.2 Å². The highest BCUT2D eigenvalue weighted by Crippen LogP contribution is 2.33. The van der Waals surface area contributed by atoms with E-state index in [1.807, 2.05) is 0 Å². The standard InChI is InChI=1S/C20H23N3O5S/c24-20(23-10-2-1-3-11-23)21-15-4-7-17(8-5-15)29(25,26)22-16-6-9-18-19(14-16)28-13-12-27-18/h4-9,14,22H,1-3,10-13H2,(H,21,24). The lowest BCUT2D eigenvalue weighted by Crippen LogP contribution is -2.38. The Hall–Kier alpha value is -2.94. The molecule has 2 aliphatic heterocycles. The first-order valence-corrected chi connectivity index (χ1v) is 11.1. The van der Waals surface area contributed by atoms with E-state index in [2.05, 4.69) is 10.0 Å². The molecular formula is C20H23N3O5S. The largest absolute Gasteiger partial charge is 0.486 e. The topological polar surface area (TPSA) is 97.0 Å². The van der Waals surface area contributed by atoms with Gasteiger partial charge in [0.1, 0.15) is 13.2 Å². The molecule has 0 unspecified atom stereocenters. The van der Waals surface area contributed by atoms with Crippen molar-refractivity contribution in [3.63, 3.8) is 0 Å². The number of carbonyl (C=O) groups is 1. The first kappa shape index (κ1) is 19.4. The van der Waals surface area contributed by atoms with Gasteiger partial charge in [0.2, 0.25) is 0 Å². The third kappa shape index (κ3) is 4.56. The summed E-state index contributed by atoms with van der Waals surface area (Å²) < 4.78 is 38.8. The van der Waals surface area contributed by atoms with Gasteiger partial charge in [-0.1, -0.05) is 0 Å². The van der Waals surface area contributed by atoms with Gasteiger partial charge in [-0.25, -0.2) is 13.2 Å². The number of hydrogen-bond donors (Lipinski definition) is 2. The van der Waals surface area contributed by atoms with Crippen molar-refractivity contribution in [3.8, 4) is 11.5 Å². The van der Waals surface area contributed by atoms with E-state index in [-0.39, 0.29) is 10.9 Å². The Morgan fingerprint density at radius 3 is 2.24 bits per heavy atom.